The molecule has 0 aliphatic carbocycles. The van der Waals surface area contributed by atoms with Gasteiger partial charge in [-0.1, -0.05) is 12.1 Å². The van der Waals surface area contributed by atoms with Crippen LogP contribution in [0.5, 0.6) is 5.75 Å². The number of hydrogen-bond acceptors (Lipinski definition) is 3. The molecule has 16 heavy (non-hydrogen) atoms. The minimum Gasteiger partial charge on any atom is -0.497 e. The van der Waals surface area contributed by atoms with Crippen LogP contribution in [0.1, 0.15) is 18.1 Å². The monoisotopic (exact) mass is 233 g/mol. The van der Waals surface area contributed by atoms with Crippen LogP contribution < -0.4 is 10.5 Å². The van der Waals surface area contributed by atoms with E-state index in [2.05, 4.69) is 11.4 Å². The first kappa shape index (κ1) is 11.2. The van der Waals surface area contributed by atoms with Crippen LogP contribution in [0.3, 0.4) is 0 Å². The third kappa shape index (κ3) is 1.96. The predicted molar refractivity (Wildman–Crippen MR) is 68.0 cm³/mol. The van der Waals surface area contributed by atoms with Crippen LogP contribution in [0.2, 0.25) is 0 Å². The van der Waals surface area contributed by atoms with E-state index in [0.717, 1.165) is 16.9 Å². The number of hydrogen-bond donors (Lipinski definition) is 1. The lowest BCUT2D eigenvalue weighted by Gasteiger charge is -2.24. The molecule has 1 unspecified atom stereocenters. The van der Waals surface area contributed by atoms with Crippen molar-refractivity contribution < 1.29 is 4.74 Å². The highest BCUT2D eigenvalue weighted by Gasteiger charge is 2.23. The van der Waals surface area contributed by atoms with Crippen molar-refractivity contribution in [2.75, 3.05) is 7.11 Å². The molecule has 2 aromatic rings. The summed E-state index contributed by atoms with van der Waals surface area (Å²) >= 11 is 1.66. The van der Waals surface area contributed by atoms with Crippen molar-refractivity contribution in [3.05, 3.63) is 52.2 Å². The van der Waals surface area contributed by atoms with Gasteiger partial charge in [-0.3, -0.25) is 0 Å². The fourth-order valence-electron chi connectivity index (χ4n) is 1.66. The number of methoxy groups -OCH3 is 1. The second kappa shape index (κ2) is 4.28. The Morgan fingerprint density at radius 2 is 1.81 bits per heavy atom. The highest BCUT2D eigenvalue weighted by Crippen LogP contribution is 2.29. The molecule has 84 valence electrons. The van der Waals surface area contributed by atoms with Gasteiger partial charge in [0.25, 0.3) is 0 Å². The van der Waals surface area contributed by atoms with Crippen LogP contribution in [-0.4, -0.2) is 7.11 Å². The Morgan fingerprint density at radius 1 is 1.12 bits per heavy atom. The number of thiophene rings is 1. The summed E-state index contributed by atoms with van der Waals surface area (Å²) in [6, 6.07) is 9.96. The Labute approximate surface area is 99.7 Å². The van der Waals surface area contributed by atoms with Gasteiger partial charge in [0.15, 0.2) is 0 Å². The van der Waals surface area contributed by atoms with E-state index >= 15 is 0 Å². The zero-order valence-electron chi connectivity index (χ0n) is 9.44. The predicted octanol–water partition coefficient (Wildman–Crippen LogP) is 2.98. The number of rotatable bonds is 3. The van der Waals surface area contributed by atoms with Crippen molar-refractivity contribution in [3.63, 3.8) is 0 Å². The summed E-state index contributed by atoms with van der Waals surface area (Å²) in [6.07, 6.45) is 0. The van der Waals surface area contributed by atoms with Crippen molar-refractivity contribution in [1.29, 1.82) is 0 Å². The summed E-state index contributed by atoms with van der Waals surface area (Å²) in [6.45, 7) is 2.02. The topological polar surface area (TPSA) is 35.2 Å². The van der Waals surface area contributed by atoms with Gasteiger partial charge in [0.1, 0.15) is 5.75 Å². The first-order valence-electron chi connectivity index (χ1n) is 5.10. The molecule has 2 rings (SSSR count). The smallest absolute Gasteiger partial charge is 0.118 e. The van der Waals surface area contributed by atoms with Gasteiger partial charge < -0.3 is 10.5 Å². The Morgan fingerprint density at radius 3 is 2.31 bits per heavy atom. The molecular formula is C13H15NOS. The fourth-order valence-corrected chi connectivity index (χ4v) is 2.44. The highest BCUT2D eigenvalue weighted by molar-refractivity contribution is 7.08. The maximum atomic E-state index is 6.36. The Bertz CT molecular complexity index is 445. The van der Waals surface area contributed by atoms with E-state index < -0.39 is 5.54 Å². The van der Waals surface area contributed by atoms with E-state index in [0.29, 0.717) is 0 Å². The minimum atomic E-state index is -0.438. The molecule has 1 heterocycles. The van der Waals surface area contributed by atoms with Crippen molar-refractivity contribution in [2.24, 2.45) is 5.73 Å². The molecule has 1 aromatic heterocycles. The summed E-state index contributed by atoms with van der Waals surface area (Å²) in [4.78, 5) is 0. The Hall–Kier alpha value is -1.32. The molecule has 0 saturated heterocycles. The van der Waals surface area contributed by atoms with Gasteiger partial charge in [0.2, 0.25) is 0 Å². The molecule has 0 spiro atoms. The van der Waals surface area contributed by atoms with Crippen LogP contribution in [-0.2, 0) is 5.54 Å². The quantitative estimate of drug-likeness (QED) is 0.884. The van der Waals surface area contributed by atoms with Gasteiger partial charge in [0.05, 0.1) is 12.6 Å². The second-order valence-electron chi connectivity index (χ2n) is 3.94. The lowest BCUT2D eigenvalue weighted by atomic mass is 9.87. The van der Waals surface area contributed by atoms with Crippen molar-refractivity contribution in [2.45, 2.75) is 12.5 Å². The van der Waals surface area contributed by atoms with Crippen molar-refractivity contribution in [3.8, 4) is 5.75 Å². The summed E-state index contributed by atoms with van der Waals surface area (Å²) in [5, 5.41) is 4.13. The summed E-state index contributed by atoms with van der Waals surface area (Å²) in [7, 11) is 1.66. The molecule has 0 radical (unpaired) electrons. The van der Waals surface area contributed by atoms with E-state index in [1.807, 2.05) is 36.6 Å². The molecule has 0 aliphatic heterocycles. The van der Waals surface area contributed by atoms with E-state index in [1.54, 1.807) is 18.4 Å². The van der Waals surface area contributed by atoms with Gasteiger partial charge in [0, 0.05) is 0 Å². The van der Waals surface area contributed by atoms with Crippen LogP contribution in [0, 0.1) is 0 Å². The first-order chi connectivity index (χ1) is 7.64. The van der Waals surface area contributed by atoms with Gasteiger partial charge in [-0.05, 0) is 47.0 Å². The molecule has 1 aromatic carbocycles. The molecule has 0 saturated carbocycles. The Kier molecular flexibility index (Phi) is 2.99. The first-order valence-corrected chi connectivity index (χ1v) is 6.05. The lowest BCUT2D eigenvalue weighted by molar-refractivity contribution is 0.414. The van der Waals surface area contributed by atoms with E-state index in [9.17, 15) is 0 Å². The molecular weight excluding hydrogens is 218 g/mol. The molecule has 1 atom stereocenters. The molecule has 0 amide bonds. The zero-order chi connectivity index (χ0) is 11.6. The standard InChI is InChI=1S/C13H15NOS/c1-13(14,11-7-8-16-9-11)10-3-5-12(15-2)6-4-10/h3-9H,14H2,1-2H3. The summed E-state index contributed by atoms with van der Waals surface area (Å²) < 4.78 is 5.13. The lowest BCUT2D eigenvalue weighted by Crippen LogP contribution is -2.33. The van der Waals surface area contributed by atoms with Crippen molar-refractivity contribution in [1.82, 2.24) is 0 Å². The number of ether oxygens (including phenoxy) is 1. The van der Waals surface area contributed by atoms with Crippen LogP contribution >= 0.6 is 11.3 Å². The molecule has 3 heteroatoms. The summed E-state index contributed by atoms with van der Waals surface area (Å²) in [5.41, 5.74) is 8.15. The van der Waals surface area contributed by atoms with E-state index in [-0.39, 0.29) is 0 Å². The average Bonchev–Trinajstić information content (AvgIpc) is 2.83. The third-order valence-electron chi connectivity index (χ3n) is 2.81. The van der Waals surface area contributed by atoms with Crippen molar-refractivity contribution >= 4 is 11.3 Å². The van der Waals surface area contributed by atoms with Gasteiger partial charge in [-0.25, -0.2) is 0 Å². The molecule has 2 N–H and O–H groups in total. The van der Waals surface area contributed by atoms with Gasteiger partial charge in [-0.15, -0.1) is 0 Å². The largest absolute Gasteiger partial charge is 0.497 e. The van der Waals surface area contributed by atoms with Crippen LogP contribution in [0.15, 0.2) is 41.1 Å². The summed E-state index contributed by atoms with van der Waals surface area (Å²) in [5.74, 6) is 0.852. The van der Waals surface area contributed by atoms with Gasteiger partial charge in [-0.2, -0.15) is 11.3 Å². The number of nitrogens with two attached hydrogens (primary N) is 1. The molecule has 2 nitrogen and oxygen atoms in total. The third-order valence-corrected chi connectivity index (χ3v) is 3.49. The van der Waals surface area contributed by atoms with Crippen LogP contribution in [0.4, 0.5) is 0 Å². The second-order valence-corrected chi connectivity index (χ2v) is 4.72. The number of benzene rings is 1. The van der Waals surface area contributed by atoms with Crippen LogP contribution in [0.25, 0.3) is 0 Å². The maximum Gasteiger partial charge on any atom is 0.118 e. The molecule has 0 bridgehead atoms. The highest BCUT2D eigenvalue weighted by atomic mass is 32.1. The van der Waals surface area contributed by atoms with E-state index in [4.69, 9.17) is 10.5 Å². The average molecular weight is 233 g/mol. The SMILES string of the molecule is COc1ccc(C(C)(N)c2ccsc2)cc1. The maximum absolute atomic E-state index is 6.36. The van der Waals surface area contributed by atoms with Gasteiger partial charge >= 0.3 is 0 Å². The normalized spacial score (nSPS) is 14.4. The minimum absolute atomic E-state index is 0.438. The molecule has 0 aliphatic rings. The molecule has 0 fully saturated rings. The van der Waals surface area contributed by atoms with E-state index in [1.165, 1.54) is 0 Å². The fraction of sp³-hybridized carbons (Fsp3) is 0.231. The Balaban J connectivity index is 2.35. The zero-order valence-corrected chi connectivity index (χ0v) is 10.3.